The van der Waals surface area contributed by atoms with Crippen molar-refractivity contribution in [2.45, 2.75) is 63.2 Å². The maximum Gasteiger partial charge on any atom is 0.0176 e. The van der Waals surface area contributed by atoms with Crippen LogP contribution in [0.15, 0.2) is 156 Å². The van der Waals surface area contributed by atoms with Crippen LogP contribution in [0, 0.1) is 17.8 Å². The van der Waals surface area contributed by atoms with Crippen LogP contribution in [0.25, 0.3) is 22.4 Å². The predicted octanol–water partition coefficient (Wildman–Crippen LogP) is 12.6. The van der Waals surface area contributed by atoms with E-state index in [2.05, 4.69) is 153 Å². The van der Waals surface area contributed by atoms with Gasteiger partial charge in [0.25, 0.3) is 0 Å². The van der Waals surface area contributed by atoms with E-state index in [4.69, 9.17) is 0 Å². The van der Waals surface area contributed by atoms with Gasteiger partial charge in [-0.25, -0.2) is 0 Å². The first kappa shape index (κ1) is 29.3. The van der Waals surface area contributed by atoms with Gasteiger partial charge in [-0.2, -0.15) is 0 Å². The van der Waals surface area contributed by atoms with Crippen molar-refractivity contribution >= 4 is 22.4 Å². The fraction of sp³-hybridized carbons (Fsp3) is 0.265. The number of rotatable bonds is 3. The van der Waals surface area contributed by atoms with E-state index in [9.17, 15) is 0 Å². The fourth-order valence-corrected chi connectivity index (χ4v) is 10.6. The third-order valence-electron chi connectivity index (χ3n) is 13.0. The molecule has 0 radical (unpaired) electrons. The zero-order chi connectivity index (χ0) is 32.7. The van der Waals surface area contributed by atoms with Crippen molar-refractivity contribution in [1.29, 1.82) is 0 Å². The minimum atomic E-state index is 0.0683. The Morgan fingerprint density at radius 2 is 1.47 bits per heavy atom. The molecule has 0 aromatic heterocycles. The van der Waals surface area contributed by atoms with Crippen molar-refractivity contribution < 1.29 is 0 Å². The molecule has 0 saturated carbocycles. The Hall–Kier alpha value is -4.68. The van der Waals surface area contributed by atoms with Gasteiger partial charge in [-0.1, -0.05) is 159 Å². The number of hydrogen-bond donors (Lipinski definition) is 0. The average Bonchev–Trinajstić information content (AvgIpc) is 3.40. The highest BCUT2D eigenvalue weighted by Gasteiger charge is 2.48. The third-order valence-corrected chi connectivity index (χ3v) is 13.0. The first-order valence-electron chi connectivity index (χ1n) is 18.6. The minimum Gasteiger partial charge on any atom is -0.0870 e. The Bertz CT molecular complexity index is 2240. The third kappa shape index (κ3) is 4.49. The monoisotopic (exact) mass is 632 g/mol. The zero-order valence-electron chi connectivity index (χ0n) is 28.7. The van der Waals surface area contributed by atoms with Crippen molar-refractivity contribution in [1.82, 2.24) is 0 Å². The Morgan fingerprint density at radius 1 is 0.694 bits per heavy atom. The summed E-state index contributed by atoms with van der Waals surface area (Å²) in [7, 11) is 0. The van der Waals surface area contributed by atoms with Crippen LogP contribution in [0.1, 0.15) is 91.2 Å². The van der Waals surface area contributed by atoms with Crippen LogP contribution in [0.3, 0.4) is 0 Å². The molecular formula is C49H44. The lowest BCUT2D eigenvalue weighted by Crippen LogP contribution is -2.26. The van der Waals surface area contributed by atoms with Crippen molar-refractivity contribution in [3.05, 3.63) is 189 Å². The van der Waals surface area contributed by atoms with E-state index in [-0.39, 0.29) is 5.41 Å². The van der Waals surface area contributed by atoms with E-state index >= 15 is 0 Å². The molecule has 0 heterocycles. The van der Waals surface area contributed by atoms with Crippen LogP contribution in [-0.4, -0.2) is 0 Å². The first-order valence-corrected chi connectivity index (χ1v) is 18.6. The number of hydrogen-bond acceptors (Lipinski definition) is 0. The van der Waals surface area contributed by atoms with Crippen LogP contribution in [0.2, 0.25) is 0 Å². The van der Waals surface area contributed by atoms with E-state index in [1.807, 2.05) is 0 Å². The lowest BCUT2D eigenvalue weighted by Gasteiger charge is -2.37. The molecule has 4 aromatic carbocycles. The standard InChI is InChI=1S/C49H44/c1-49(2)45-27-26-32-14-6-7-15-39(32)47(45)48-43-17-9-8-16-42(43)44(30-46(48)49)36-25-23-33-28-35(24-22-34(33)29-36)38-19-11-20-40-37(18-10-21-41(38)40)31-12-4-3-5-13-31/h3-17,19-21,26-30,37-38,41,45,47H,18,22-25H2,1-2H3. The smallest absolute Gasteiger partial charge is 0.0176 e. The summed E-state index contributed by atoms with van der Waals surface area (Å²) in [6, 6.07) is 32.1. The second-order valence-corrected chi connectivity index (χ2v) is 15.8. The molecule has 5 atom stereocenters. The van der Waals surface area contributed by atoms with Gasteiger partial charge in [0.1, 0.15) is 0 Å². The largest absolute Gasteiger partial charge is 0.0870 e. The van der Waals surface area contributed by atoms with Gasteiger partial charge in [-0.3, -0.25) is 0 Å². The van der Waals surface area contributed by atoms with Crippen molar-refractivity contribution in [2.75, 3.05) is 0 Å². The molecule has 10 rings (SSSR count). The second kappa shape index (κ2) is 11.2. The van der Waals surface area contributed by atoms with E-state index in [1.165, 1.54) is 38.6 Å². The summed E-state index contributed by atoms with van der Waals surface area (Å²) >= 11 is 0. The van der Waals surface area contributed by atoms with Crippen LogP contribution in [0.4, 0.5) is 0 Å². The topological polar surface area (TPSA) is 0 Å². The molecule has 0 nitrogen and oxygen atoms in total. The number of allylic oxidation sites excluding steroid dienone is 13. The number of benzene rings is 4. The van der Waals surface area contributed by atoms with Crippen LogP contribution >= 0.6 is 0 Å². The molecule has 6 aliphatic rings. The molecule has 0 bridgehead atoms. The molecule has 5 unspecified atom stereocenters. The second-order valence-electron chi connectivity index (χ2n) is 15.8. The van der Waals surface area contributed by atoms with Gasteiger partial charge >= 0.3 is 0 Å². The molecule has 0 amide bonds. The van der Waals surface area contributed by atoms with Crippen molar-refractivity contribution in [2.24, 2.45) is 17.8 Å². The van der Waals surface area contributed by atoms with Gasteiger partial charge in [0.15, 0.2) is 0 Å². The lowest BCUT2D eigenvalue weighted by molar-refractivity contribution is 0.391. The minimum absolute atomic E-state index is 0.0683. The summed E-state index contributed by atoms with van der Waals surface area (Å²) in [5.41, 5.74) is 16.9. The lowest BCUT2D eigenvalue weighted by atomic mass is 9.67. The van der Waals surface area contributed by atoms with E-state index < -0.39 is 0 Å². The number of fused-ring (bicyclic) bond motifs is 8. The molecule has 0 N–H and O–H groups in total. The predicted molar refractivity (Wildman–Crippen MR) is 206 cm³/mol. The van der Waals surface area contributed by atoms with Gasteiger partial charge in [0.2, 0.25) is 0 Å². The quantitative estimate of drug-likeness (QED) is 0.197. The Balaban J connectivity index is 1.02. The van der Waals surface area contributed by atoms with E-state index in [1.54, 1.807) is 33.4 Å². The van der Waals surface area contributed by atoms with Gasteiger partial charge in [-0.05, 0) is 110 Å². The van der Waals surface area contributed by atoms with Crippen molar-refractivity contribution in [3.63, 3.8) is 0 Å². The molecule has 6 aliphatic carbocycles. The summed E-state index contributed by atoms with van der Waals surface area (Å²) < 4.78 is 0. The molecule has 240 valence electrons. The first-order chi connectivity index (χ1) is 24.1. The van der Waals surface area contributed by atoms with Gasteiger partial charge in [0.05, 0.1) is 0 Å². The van der Waals surface area contributed by atoms with Gasteiger partial charge in [0, 0.05) is 23.7 Å². The molecule has 0 fully saturated rings. The Morgan fingerprint density at radius 3 is 2.37 bits per heavy atom. The molecule has 0 aliphatic heterocycles. The molecule has 0 heteroatoms. The van der Waals surface area contributed by atoms with Crippen LogP contribution < -0.4 is 0 Å². The SMILES string of the molecule is CC1(C)c2cc(C3=CC4=C(C=C(C5C=CC=C6C(c7ccccc7)CC=CC65)CC4)CC3)c3ccccc3c2C2c3ccccc3C=CC21. The highest BCUT2D eigenvalue weighted by atomic mass is 14.5. The van der Waals surface area contributed by atoms with Gasteiger partial charge < -0.3 is 0 Å². The molecule has 4 aromatic rings. The summed E-state index contributed by atoms with van der Waals surface area (Å²) in [5.74, 6) is 2.31. The summed E-state index contributed by atoms with van der Waals surface area (Å²) in [5, 5.41) is 2.88. The fourth-order valence-electron chi connectivity index (χ4n) is 10.6. The van der Waals surface area contributed by atoms with Gasteiger partial charge in [-0.15, -0.1) is 0 Å². The molecule has 49 heavy (non-hydrogen) atoms. The zero-order valence-corrected chi connectivity index (χ0v) is 28.7. The molecular weight excluding hydrogens is 589 g/mol. The molecule has 0 saturated heterocycles. The average molecular weight is 633 g/mol. The van der Waals surface area contributed by atoms with Crippen molar-refractivity contribution in [3.8, 4) is 0 Å². The summed E-state index contributed by atoms with van der Waals surface area (Å²) in [4.78, 5) is 0. The Labute approximate surface area is 291 Å². The summed E-state index contributed by atoms with van der Waals surface area (Å²) in [6.07, 6.45) is 27.9. The van der Waals surface area contributed by atoms with Crippen LogP contribution in [-0.2, 0) is 5.41 Å². The highest BCUT2D eigenvalue weighted by Crippen LogP contribution is 2.59. The maximum atomic E-state index is 2.62. The maximum absolute atomic E-state index is 2.62. The Kier molecular flexibility index (Phi) is 6.67. The van der Waals surface area contributed by atoms with E-state index in [0.717, 1.165) is 32.1 Å². The summed E-state index contributed by atoms with van der Waals surface area (Å²) in [6.45, 7) is 4.97. The van der Waals surface area contributed by atoms with Crippen LogP contribution in [0.5, 0.6) is 0 Å². The van der Waals surface area contributed by atoms with E-state index in [0.29, 0.717) is 29.6 Å². The highest BCUT2D eigenvalue weighted by molar-refractivity contribution is 5.99. The normalized spacial score (nSPS) is 27.4. The molecule has 0 spiro atoms.